The molecule has 6 nitrogen and oxygen atoms in total. The number of anilines is 1. The molecule has 166 valence electrons. The predicted octanol–water partition coefficient (Wildman–Crippen LogP) is 4.31. The minimum atomic E-state index is -4.80. The zero-order valence-electron chi connectivity index (χ0n) is 16.6. The highest BCUT2D eigenvalue weighted by molar-refractivity contribution is 7.22. The number of carbonyl (C=O) groups excluding carboxylic acids is 1. The summed E-state index contributed by atoms with van der Waals surface area (Å²) in [7, 11) is 3.69. The first-order valence-electron chi connectivity index (χ1n) is 9.10. The second kappa shape index (κ2) is 9.48. The number of ether oxygens (including phenoxy) is 2. The van der Waals surface area contributed by atoms with E-state index >= 15 is 0 Å². The normalized spacial score (nSPS) is 11.7. The van der Waals surface area contributed by atoms with Gasteiger partial charge in [-0.15, -0.1) is 13.2 Å². The molecule has 0 aliphatic carbocycles. The average Bonchev–Trinajstić information content (AvgIpc) is 3.09. The lowest BCUT2D eigenvalue weighted by Gasteiger charge is -2.22. The second-order valence-corrected chi connectivity index (χ2v) is 7.77. The fourth-order valence-electron chi connectivity index (χ4n) is 2.59. The van der Waals surface area contributed by atoms with Gasteiger partial charge in [-0.1, -0.05) is 11.3 Å². The summed E-state index contributed by atoms with van der Waals surface area (Å²) in [6.07, 6.45) is -4.80. The van der Waals surface area contributed by atoms with Crippen molar-refractivity contribution in [2.45, 2.75) is 6.36 Å². The van der Waals surface area contributed by atoms with E-state index in [1.54, 1.807) is 0 Å². The molecule has 0 unspecified atom stereocenters. The summed E-state index contributed by atoms with van der Waals surface area (Å²) in [5.74, 6) is -0.840. The molecule has 0 bridgehead atoms. The molecule has 1 amide bonds. The number of fused-ring (bicyclic) bond motifs is 1. The van der Waals surface area contributed by atoms with E-state index in [2.05, 4.69) is 9.72 Å². The predicted molar refractivity (Wildman–Crippen MR) is 109 cm³/mol. The molecule has 0 aliphatic heterocycles. The molecule has 1 heterocycles. The molecule has 0 radical (unpaired) electrons. The van der Waals surface area contributed by atoms with E-state index in [4.69, 9.17) is 4.74 Å². The van der Waals surface area contributed by atoms with Crippen LogP contribution in [0.2, 0.25) is 0 Å². The number of alkyl halides is 3. The van der Waals surface area contributed by atoms with Gasteiger partial charge < -0.3 is 14.4 Å². The van der Waals surface area contributed by atoms with Crippen LogP contribution in [0.4, 0.5) is 22.7 Å². The summed E-state index contributed by atoms with van der Waals surface area (Å²) in [5, 5.41) is 0.328. The van der Waals surface area contributed by atoms with E-state index in [1.165, 1.54) is 47.4 Å². The first-order valence-corrected chi connectivity index (χ1v) is 9.92. The first-order chi connectivity index (χ1) is 14.6. The molecule has 11 heteroatoms. The number of thiazole rings is 1. The Morgan fingerprint density at radius 2 is 1.74 bits per heavy atom. The smallest absolute Gasteiger partial charge is 0.484 e. The molecule has 2 aromatic carbocycles. The fourth-order valence-corrected chi connectivity index (χ4v) is 3.62. The van der Waals surface area contributed by atoms with E-state index < -0.39 is 18.1 Å². The van der Waals surface area contributed by atoms with Crippen LogP contribution in [0.3, 0.4) is 0 Å². The van der Waals surface area contributed by atoms with Crippen LogP contribution in [0.25, 0.3) is 10.2 Å². The standard InChI is InChI=1S/C20H19F4N3O3S/c1-26(2)9-10-27(18(28)12-29-14-5-3-13(21)4-6-14)19-25-16-8-7-15(11-17(16)31-19)30-20(22,23)24/h3-8,11H,9-10,12H2,1-2H3. The van der Waals surface area contributed by atoms with Gasteiger partial charge in [-0.25, -0.2) is 9.37 Å². The van der Waals surface area contributed by atoms with Crippen LogP contribution in [-0.2, 0) is 4.79 Å². The molecule has 0 saturated carbocycles. The van der Waals surface area contributed by atoms with E-state index in [0.29, 0.717) is 34.2 Å². The van der Waals surface area contributed by atoms with E-state index in [9.17, 15) is 22.4 Å². The third-order valence-electron chi connectivity index (χ3n) is 4.06. The minimum absolute atomic E-state index is 0.296. The van der Waals surface area contributed by atoms with Crippen LogP contribution in [0.5, 0.6) is 11.5 Å². The Morgan fingerprint density at radius 3 is 2.39 bits per heavy atom. The Bertz CT molecular complexity index is 1040. The van der Waals surface area contributed by atoms with Gasteiger partial charge in [0.15, 0.2) is 11.7 Å². The van der Waals surface area contributed by atoms with Gasteiger partial charge in [0.1, 0.15) is 17.3 Å². The maximum atomic E-state index is 13.0. The third kappa shape index (κ3) is 6.53. The van der Waals surface area contributed by atoms with Crippen molar-refractivity contribution in [1.29, 1.82) is 0 Å². The van der Waals surface area contributed by atoms with Gasteiger partial charge in [-0.05, 0) is 50.5 Å². The van der Waals surface area contributed by atoms with Gasteiger partial charge in [0.25, 0.3) is 5.91 Å². The quantitative estimate of drug-likeness (QED) is 0.472. The zero-order valence-corrected chi connectivity index (χ0v) is 17.5. The lowest BCUT2D eigenvalue weighted by molar-refractivity contribution is -0.274. The molecule has 0 N–H and O–H groups in total. The highest BCUT2D eigenvalue weighted by Crippen LogP contribution is 2.33. The van der Waals surface area contributed by atoms with Gasteiger partial charge in [0.2, 0.25) is 0 Å². The SMILES string of the molecule is CN(C)CCN(C(=O)COc1ccc(F)cc1)c1nc2ccc(OC(F)(F)F)cc2s1. The highest BCUT2D eigenvalue weighted by atomic mass is 32.1. The number of nitrogens with zero attached hydrogens (tertiary/aromatic N) is 3. The van der Waals surface area contributed by atoms with Crippen LogP contribution in [0.15, 0.2) is 42.5 Å². The van der Waals surface area contributed by atoms with E-state index in [0.717, 1.165) is 11.3 Å². The number of benzene rings is 2. The van der Waals surface area contributed by atoms with Gasteiger partial charge in [0.05, 0.1) is 10.2 Å². The number of rotatable bonds is 8. The molecular formula is C20H19F4N3O3S. The summed E-state index contributed by atoms with van der Waals surface area (Å²) in [4.78, 5) is 20.5. The maximum Gasteiger partial charge on any atom is 0.573 e. The topological polar surface area (TPSA) is 54.9 Å². The number of aromatic nitrogens is 1. The van der Waals surface area contributed by atoms with Gasteiger partial charge in [-0.3, -0.25) is 9.69 Å². The van der Waals surface area contributed by atoms with Gasteiger partial charge in [-0.2, -0.15) is 0 Å². The molecule has 0 spiro atoms. The Kier molecular flexibility index (Phi) is 6.96. The third-order valence-corrected chi connectivity index (χ3v) is 5.10. The number of halogens is 4. The molecule has 31 heavy (non-hydrogen) atoms. The van der Waals surface area contributed by atoms with Crippen LogP contribution in [-0.4, -0.2) is 55.9 Å². The van der Waals surface area contributed by atoms with Crippen LogP contribution >= 0.6 is 11.3 Å². The van der Waals surface area contributed by atoms with Crippen molar-refractivity contribution in [1.82, 2.24) is 9.88 Å². The molecule has 0 atom stereocenters. The van der Waals surface area contributed by atoms with Crippen molar-refractivity contribution in [3.63, 3.8) is 0 Å². The van der Waals surface area contributed by atoms with Crippen molar-refractivity contribution in [2.24, 2.45) is 0 Å². The molecule has 0 aliphatic rings. The van der Waals surface area contributed by atoms with Crippen LogP contribution < -0.4 is 14.4 Å². The lowest BCUT2D eigenvalue weighted by atomic mass is 10.3. The molecule has 0 fully saturated rings. The highest BCUT2D eigenvalue weighted by Gasteiger charge is 2.31. The summed E-state index contributed by atoms with van der Waals surface area (Å²) in [5.41, 5.74) is 0.441. The Morgan fingerprint density at radius 1 is 1.06 bits per heavy atom. The molecule has 3 aromatic rings. The lowest BCUT2D eigenvalue weighted by Crippen LogP contribution is -2.39. The monoisotopic (exact) mass is 457 g/mol. The largest absolute Gasteiger partial charge is 0.573 e. The number of hydrogen-bond acceptors (Lipinski definition) is 6. The summed E-state index contributed by atoms with van der Waals surface area (Å²) in [6.45, 7) is 0.516. The van der Waals surface area contributed by atoms with Crippen molar-refractivity contribution < 1.29 is 31.8 Å². The fraction of sp³-hybridized carbons (Fsp3) is 0.300. The van der Waals surface area contributed by atoms with Gasteiger partial charge in [0, 0.05) is 19.2 Å². The molecule has 0 saturated heterocycles. The molecular weight excluding hydrogens is 438 g/mol. The number of carbonyl (C=O) groups is 1. The van der Waals surface area contributed by atoms with Crippen molar-refractivity contribution >= 4 is 32.6 Å². The van der Waals surface area contributed by atoms with Crippen LogP contribution in [0.1, 0.15) is 0 Å². The van der Waals surface area contributed by atoms with E-state index in [-0.39, 0.29) is 12.4 Å². The Labute approximate surface area is 179 Å². The second-order valence-electron chi connectivity index (χ2n) is 6.77. The first kappa shape index (κ1) is 22.8. The summed E-state index contributed by atoms with van der Waals surface area (Å²) >= 11 is 1.07. The minimum Gasteiger partial charge on any atom is -0.484 e. The number of hydrogen-bond donors (Lipinski definition) is 0. The van der Waals surface area contributed by atoms with E-state index in [1.807, 2.05) is 19.0 Å². The number of likely N-dealkylation sites (N-methyl/N-ethyl adjacent to an activating group) is 1. The number of amides is 1. The molecule has 1 aromatic heterocycles. The maximum absolute atomic E-state index is 13.0. The zero-order chi connectivity index (χ0) is 22.6. The van der Waals surface area contributed by atoms with Crippen LogP contribution in [0, 0.1) is 5.82 Å². The van der Waals surface area contributed by atoms with Gasteiger partial charge >= 0.3 is 6.36 Å². The summed E-state index contributed by atoms with van der Waals surface area (Å²) < 4.78 is 60.3. The van der Waals surface area contributed by atoms with Crippen molar-refractivity contribution in [3.8, 4) is 11.5 Å². The summed E-state index contributed by atoms with van der Waals surface area (Å²) in [6, 6.07) is 9.06. The average molecular weight is 457 g/mol. The van der Waals surface area contributed by atoms with Crippen molar-refractivity contribution in [2.75, 3.05) is 38.7 Å². The van der Waals surface area contributed by atoms with Crippen molar-refractivity contribution in [3.05, 3.63) is 48.3 Å². The Balaban J connectivity index is 1.80. The molecule has 3 rings (SSSR count). The Hall–Kier alpha value is -2.92.